The zero-order chi connectivity index (χ0) is 18.6. The number of carbonyl (C=O) groups is 1. The predicted molar refractivity (Wildman–Crippen MR) is 94.6 cm³/mol. The van der Waals surface area contributed by atoms with Crippen LogP contribution in [0.2, 0.25) is 0 Å². The molecule has 0 saturated heterocycles. The van der Waals surface area contributed by atoms with Gasteiger partial charge in [-0.1, -0.05) is 36.8 Å². The van der Waals surface area contributed by atoms with Crippen LogP contribution in [0.1, 0.15) is 34.3 Å². The Hall–Kier alpha value is -2.25. The molecule has 1 unspecified atom stereocenters. The first-order chi connectivity index (χ1) is 11.7. The molecule has 0 fully saturated rings. The quantitative estimate of drug-likeness (QED) is 0.827. The molecular weight excluding hydrogens is 343 g/mol. The standard InChI is InChI=1S/C18H21FN2O3S/c1-12-5-4-6-14(9-12)13(2)11-21-18(22)15-7-8-16(19)17(10-15)25(23,24)20-3/h4-10,13,20H,11H2,1-3H3,(H,21,22). The van der Waals surface area contributed by atoms with Gasteiger partial charge >= 0.3 is 0 Å². The summed E-state index contributed by atoms with van der Waals surface area (Å²) < 4.78 is 39.4. The molecule has 0 aliphatic heterocycles. The molecule has 2 aromatic carbocycles. The molecule has 0 heterocycles. The van der Waals surface area contributed by atoms with E-state index in [0.717, 1.165) is 23.3 Å². The molecule has 0 bridgehead atoms. The molecular formula is C18H21FN2O3S. The van der Waals surface area contributed by atoms with Crippen molar-refractivity contribution in [1.82, 2.24) is 10.0 Å². The Bertz CT molecular complexity index is 882. The second-order valence-corrected chi connectivity index (χ2v) is 7.73. The topological polar surface area (TPSA) is 75.3 Å². The van der Waals surface area contributed by atoms with Gasteiger partial charge in [0.25, 0.3) is 5.91 Å². The van der Waals surface area contributed by atoms with E-state index in [1.807, 2.05) is 42.8 Å². The molecule has 7 heteroatoms. The average Bonchev–Trinajstić information content (AvgIpc) is 2.59. The van der Waals surface area contributed by atoms with Crippen molar-refractivity contribution in [2.45, 2.75) is 24.7 Å². The van der Waals surface area contributed by atoms with Crippen LogP contribution in [0.3, 0.4) is 0 Å². The molecule has 5 nitrogen and oxygen atoms in total. The molecule has 0 aliphatic rings. The van der Waals surface area contributed by atoms with E-state index in [4.69, 9.17) is 0 Å². The average molecular weight is 364 g/mol. The van der Waals surface area contributed by atoms with Crippen molar-refractivity contribution in [3.8, 4) is 0 Å². The Kier molecular flexibility index (Phi) is 5.92. The van der Waals surface area contributed by atoms with Gasteiger partial charge in [-0.05, 0) is 43.7 Å². The van der Waals surface area contributed by atoms with E-state index < -0.39 is 26.6 Å². The largest absolute Gasteiger partial charge is 0.351 e. The van der Waals surface area contributed by atoms with E-state index in [0.29, 0.717) is 6.54 Å². The smallest absolute Gasteiger partial charge is 0.251 e. The van der Waals surface area contributed by atoms with Crippen LogP contribution in [0, 0.1) is 12.7 Å². The molecule has 0 aromatic heterocycles. The third-order valence-electron chi connectivity index (χ3n) is 3.93. The second-order valence-electron chi connectivity index (χ2n) is 5.88. The zero-order valence-electron chi connectivity index (χ0n) is 14.3. The van der Waals surface area contributed by atoms with Crippen LogP contribution < -0.4 is 10.0 Å². The number of amides is 1. The van der Waals surface area contributed by atoms with Gasteiger partial charge in [-0.2, -0.15) is 0 Å². The van der Waals surface area contributed by atoms with E-state index in [-0.39, 0.29) is 11.5 Å². The molecule has 2 aromatic rings. The van der Waals surface area contributed by atoms with Crippen LogP contribution in [0.4, 0.5) is 4.39 Å². The van der Waals surface area contributed by atoms with Gasteiger partial charge in [0.2, 0.25) is 10.0 Å². The third kappa shape index (κ3) is 4.64. The van der Waals surface area contributed by atoms with Crippen molar-refractivity contribution in [2.24, 2.45) is 0 Å². The normalized spacial score (nSPS) is 12.6. The summed E-state index contributed by atoms with van der Waals surface area (Å²) in [6, 6.07) is 11.3. The van der Waals surface area contributed by atoms with E-state index in [2.05, 4.69) is 5.32 Å². The minimum absolute atomic E-state index is 0.0878. The lowest BCUT2D eigenvalue weighted by molar-refractivity contribution is 0.0951. The fourth-order valence-corrected chi connectivity index (χ4v) is 3.23. The van der Waals surface area contributed by atoms with Gasteiger partial charge in [-0.3, -0.25) is 4.79 Å². The lowest BCUT2D eigenvalue weighted by Gasteiger charge is -2.14. The number of carbonyl (C=O) groups excluding carboxylic acids is 1. The minimum Gasteiger partial charge on any atom is -0.351 e. The molecule has 0 saturated carbocycles. The molecule has 1 amide bonds. The Morgan fingerprint density at radius 2 is 1.92 bits per heavy atom. The van der Waals surface area contributed by atoms with Crippen molar-refractivity contribution < 1.29 is 17.6 Å². The Morgan fingerprint density at radius 1 is 1.20 bits per heavy atom. The zero-order valence-corrected chi connectivity index (χ0v) is 15.2. The maximum atomic E-state index is 13.7. The first-order valence-electron chi connectivity index (χ1n) is 7.82. The SMILES string of the molecule is CNS(=O)(=O)c1cc(C(=O)NCC(C)c2cccc(C)c2)ccc1F. The molecule has 0 aliphatic carbocycles. The van der Waals surface area contributed by atoms with Crippen LogP contribution in [-0.4, -0.2) is 27.9 Å². The van der Waals surface area contributed by atoms with Crippen LogP contribution >= 0.6 is 0 Å². The number of aryl methyl sites for hydroxylation is 1. The van der Waals surface area contributed by atoms with Crippen LogP contribution in [0.5, 0.6) is 0 Å². The Morgan fingerprint density at radius 3 is 2.56 bits per heavy atom. The minimum atomic E-state index is -3.97. The predicted octanol–water partition coefficient (Wildman–Crippen LogP) is 2.58. The van der Waals surface area contributed by atoms with Crippen LogP contribution in [0.15, 0.2) is 47.4 Å². The van der Waals surface area contributed by atoms with Crippen molar-refractivity contribution >= 4 is 15.9 Å². The lowest BCUT2D eigenvalue weighted by atomic mass is 9.99. The molecule has 0 radical (unpaired) electrons. The van der Waals surface area contributed by atoms with E-state index in [1.165, 1.54) is 13.1 Å². The monoisotopic (exact) mass is 364 g/mol. The summed E-state index contributed by atoms with van der Waals surface area (Å²) in [5, 5.41) is 2.76. The van der Waals surface area contributed by atoms with E-state index in [9.17, 15) is 17.6 Å². The van der Waals surface area contributed by atoms with Gasteiger partial charge < -0.3 is 5.32 Å². The van der Waals surface area contributed by atoms with E-state index >= 15 is 0 Å². The fourth-order valence-electron chi connectivity index (χ4n) is 2.40. The third-order valence-corrected chi connectivity index (χ3v) is 5.36. The number of halogens is 1. The Balaban J connectivity index is 2.12. The van der Waals surface area contributed by atoms with Gasteiger partial charge in [-0.25, -0.2) is 17.5 Å². The second kappa shape index (κ2) is 7.76. The van der Waals surface area contributed by atoms with Crippen molar-refractivity contribution in [1.29, 1.82) is 0 Å². The van der Waals surface area contributed by atoms with E-state index in [1.54, 1.807) is 0 Å². The Labute approximate surface area is 147 Å². The van der Waals surface area contributed by atoms with Gasteiger partial charge in [0.05, 0.1) is 0 Å². The lowest BCUT2D eigenvalue weighted by Crippen LogP contribution is -2.28. The van der Waals surface area contributed by atoms with Crippen molar-refractivity contribution in [3.05, 3.63) is 65.0 Å². The number of sulfonamides is 1. The highest BCUT2D eigenvalue weighted by Gasteiger charge is 2.19. The van der Waals surface area contributed by atoms with Crippen LogP contribution in [0.25, 0.3) is 0 Å². The van der Waals surface area contributed by atoms with Gasteiger partial charge in [-0.15, -0.1) is 0 Å². The summed E-state index contributed by atoms with van der Waals surface area (Å²) in [6.45, 7) is 4.36. The molecule has 0 spiro atoms. The highest BCUT2D eigenvalue weighted by atomic mass is 32.2. The summed E-state index contributed by atoms with van der Waals surface area (Å²) in [4.78, 5) is 11.7. The van der Waals surface area contributed by atoms with Crippen molar-refractivity contribution in [2.75, 3.05) is 13.6 Å². The molecule has 1 atom stereocenters. The van der Waals surface area contributed by atoms with Crippen LogP contribution in [-0.2, 0) is 10.0 Å². The molecule has 2 N–H and O–H groups in total. The summed E-state index contributed by atoms with van der Waals surface area (Å²) in [7, 11) is -2.78. The van der Waals surface area contributed by atoms with Gasteiger partial charge in [0.15, 0.2) is 0 Å². The first-order valence-corrected chi connectivity index (χ1v) is 9.31. The first kappa shape index (κ1) is 19.1. The summed E-state index contributed by atoms with van der Waals surface area (Å²) in [6.07, 6.45) is 0. The summed E-state index contributed by atoms with van der Waals surface area (Å²) in [5.74, 6) is -1.27. The molecule has 2 rings (SSSR count). The highest BCUT2D eigenvalue weighted by molar-refractivity contribution is 7.89. The maximum Gasteiger partial charge on any atom is 0.251 e. The number of benzene rings is 2. The maximum absolute atomic E-state index is 13.7. The van der Waals surface area contributed by atoms with Gasteiger partial charge in [0.1, 0.15) is 10.7 Å². The van der Waals surface area contributed by atoms with Crippen molar-refractivity contribution in [3.63, 3.8) is 0 Å². The number of rotatable bonds is 6. The summed E-state index contributed by atoms with van der Waals surface area (Å²) in [5.41, 5.74) is 2.32. The highest BCUT2D eigenvalue weighted by Crippen LogP contribution is 2.18. The fraction of sp³-hybridized carbons (Fsp3) is 0.278. The number of hydrogen-bond donors (Lipinski definition) is 2. The molecule has 134 valence electrons. The summed E-state index contributed by atoms with van der Waals surface area (Å²) >= 11 is 0. The number of hydrogen-bond acceptors (Lipinski definition) is 3. The molecule has 25 heavy (non-hydrogen) atoms. The number of nitrogens with one attached hydrogen (secondary N) is 2. The van der Waals surface area contributed by atoms with Gasteiger partial charge in [0, 0.05) is 12.1 Å².